The average Bonchev–Trinajstić information content (AvgIpc) is 3.23. The minimum atomic E-state index is -0.369. The normalized spacial score (nSPS) is 16.9. The standard InChI is InChI=1S/C19H19FN6O/c20-15-4-1-5-16(11-15)22-19(27)14-3-2-9-25(12-14)17-6-7-18(24-23-17)26-10-8-21-13-26/h1,4-8,10-11,13-14H,2-3,9,12H2,(H,22,27). The van der Waals surface area contributed by atoms with Gasteiger partial charge in [-0.25, -0.2) is 9.37 Å². The Hall–Kier alpha value is -3.29. The van der Waals surface area contributed by atoms with Crippen LogP contribution >= 0.6 is 0 Å². The van der Waals surface area contributed by atoms with Crippen LogP contribution in [0.1, 0.15) is 12.8 Å². The van der Waals surface area contributed by atoms with E-state index in [2.05, 4.69) is 25.4 Å². The first-order valence-electron chi connectivity index (χ1n) is 8.82. The Morgan fingerprint density at radius 2 is 2.04 bits per heavy atom. The van der Waals surface area contributed by atoms with Crippen LogP contribution in [0.15, 0.2) is 55.1 Å². The summed E-state index contributed by atoms with van der Waals surface area (Å²) in [5.74, 6) is 0.771. The van der Waals surface area contributed by atoms with E-state index in [0.29, 0.717) is 18.1 Å². The second-order valence-corrected chi connectivity index (χ2v) is 6.50. The lowest BCUT2D eigenvalue weighted by Crippen LogP contribution is -2.41. The summed E-state index contributed by atoms with van der Waals surface area (Å²) in [6.45, 7) is 1.38. The number of benzene rings is 1. The van der Waals surface area contributed by atoms with E-state index >= 15 is 0 Å². The van der Waals surface area contributed by atoms with Crippen molar-refractivity contribution < 1.29 is 9.18 Å². The van der Waals surface area contributed by atoms with E-state index in [4.69, 9.17) is 0 Å². The molecule has 1 aliphatic heterocycles. The molecule has 1 fully saturated rings. The van der Waals surface area contributed by atoms with Crippen LogP contribution in [-0.2, 0) is 4.79 Å². The van der Waals surface area contributed by atoms with Gasteiger partial charge in [-0.15, -0.1) is 10.2 Å². The van der Waals surface area contributed by atoms with Gasteiger partial charge in [-0.3, -0.25) is 9.36 Å². The molecule has 0 aliphatic carbocycles. The maximum Gasteiger partial charge on any atom is 0.229 e. The number of hydrogen-bond donors (Lipinski definition) is 1. The maximum atomic E-state index is 13.3. The summed E-state index contributed by atoms with van der Waals surface area (Å²) < 4.78 is 15.1. The molecule has 0 radical (unpaired) electrons. The molecule has 1 atom stereocenters. The average molecular weight is 366 g/mol. The first-order valence-corrected chi connectivity index (χ1v) is 8.82. The molecule has 3 aromatic rings. The number of aromatic nitrogens is 4. The topological polar surface area (TPSA) is 75.9 Å². The highest BCUT2D eigenvalue weighted by molar-refractivity contribution is 5.93. The predicted molar refractivity (Wildman–Crippen MR) is 99.1 cm³/mol. The van der Waals surface area contributed by atoms with Gasteiger partial charge in [-0.2, -0.15) is 0 Å². The molecular formula is C19H19FN6O. The van der Waals surface area contributed by atoms with E-state index in [1.807, 2.05) is 12.1 Å². The Labute approximate surface area is 155 Å². The quantitative estimate of drug-likeness (QED) is 0.768. The molecule has 1 amide bonds. The van der Waals surface area contributed by atoms with Gasteiger partial charge in [0.05, 0.1) is 5.92 Å². The zero-order chi connectivity index (χ0) is 18.6. The van der Waals surface area contributed by atoms with Crippen LogP contribution in [0.25, 0.3) is 5.82 Å². The molecule has 0 bridgehead atoms. The molecule has 2 aromatic heterocycles. The van der Waals surface area contributed by atoms with Gasteiger partial charge in [-0.1, -0.05) is 6.07 Å². The largest absolute Gasteiger partial charge is 0.354 e. The Kier molecular flexibility index (Phi) is 4.78. The number of hydrogen-bond acceptors (Lipinski definition) is 5. The van der Waals surface area contributed by atoms with Crippen molar-refractivity contribution in [2.24, 2.45) is 5.92 Å². The number of anilines is 2. The molecule has 27 heavy (non-hydrogen) atoms. The van der Waals surface area contributed by atoms with Gasteiger partial charge in [0.25, 0.3) is 0 Å². The fourth-order valence-electron chi connectivity index (χ4n) is 3.23. The molecule has 1 aromatic carbocycles. The van der Waals surface area contributed by atoms with Crippen LogP contribution in [-0.4, -0.2) is 38.7 Å². The van der Waals surface area contributed by atoms with Crippen molar-refractivity contribution in [3.63, 3.8) is 0 Å². The second kappa shape index (κ2) is 7.53. The molecule has 0 saturated carbocycles. The fourth-order valence-corrected chi connectivity index (χ4v) is 3.23. The molecule has 138 valence electrons. The Morgan fingerprint density at radius 3 is 2.78 bits per heavy atom. The first-order chi connectivity index (χ1) is 13.2. The van der Waals surface area contributed by atoms with E-state index in [1.165, 1.54) is 12.1 Å². The van der Waals surface area contributed by atoms with Gasteiger partial charge in [-0.05, 0) is 43.2 Å². The number of imidazole rings is 1. The Morgan fingerprint density at radius 1 is 1.19 bits per heavy atom. The highest BCUT2D eigenvalue weighted by Crippen LogP contribution is 2.23. The smallest absolute Gasteiger partial charge is 0.229 e. The summed E-state index contributed by atoms with van der Waals surface area (Å²) in [7, 11) is 0. The third-order valence-electron chi connectivity index (χ3n) is 4.61. The molecule has 1 saturated heterocycles. The van der Waals surface area contributed by atoms with Crippen LogP contribution < -0.4 is 10.2 Å². The summed E-state index contributed by atoms with van der Waals surface area (Å²) in [4.78, 5) is 18.6. The van der Waals surface area contributed by atoms with Gasteiger partial charge in [0.2, 0.25) is 5.91 Å². The van der Waals surface area contributed by atoms with Gasteiger partial charge in [0.1, 0.15) is 12.1 Å². The zero-order valence-corrected chi connectivity index (χ0v) is 14.6. The van der Waals surface area contributed by atoms with Crippen LogP contribution in [0.5, 0.6) is 0 Å². The maximum absolute atomic E-state index is 13.3. The summed E-state index contributed by atoms with van der Waals surface area (Å²) in [6.07, 6.45) is 6.82. The summed E-state index contributed by atoms with van der Waals surface area (Å²) in [5, 5.41) is 11.3. The third-order valence-corrected chi connectivity index (χ3v) is 4.61. The Balaban J connectivity index is 1.42. The summed E-state index contributed by atoms with van der Waals surface area (Å²) in [6, 6.07) is 9.70. The van der Waals surface area contributed by atoms with Crippen molar-refractivity contribution in [2.45, 2.75) is 12.8 Å². The SMILES string of the molecule is O=C(Nc1cccc(F)c1)C1CCCN(c2ccc(-n3ccnc3)nn2)C1. The highest BCUT2D eigenvalue weighted by Gasteiger charge is 2.27. The molecule has 7 nitrogen and oxygen atoms in total. The number of nitrogens with one attached hydrogen (secondary N) is 1. The van der Waals surface area contributed by atoms with Crippen LogP contribution in [0.4, 0.5) is 15.9 Å². The number of nitrogens with zero attached hydrogens (tertiary/aromatic N) is 5. The Bertz CT molecular complexity index is 912. The number of halogens is 1. The van der Waals surface area contributed by atoms with Crippen LogP contribution in [0.3, 0.4) is 0 Å². The van der Waals surface area contributed by atoms with Crippen molar-refractivity contribution in [1.29, 1.82) is 0 Å². The van der Waals surface area contributed by atoms with Crippen molar-refractivity contribution in [3.05, 3.63) is 60.9 Å². The second-order valence-electron chi connectivity index (χ2n) is 6.50. The van der Waals surface area contributed by atoms with Gasteiger partial charge in [0, 0.05) is 31.2 Å². The zero-order valence-electron chi connectivity index (χ0n) is 14.6. The number of rotatable bonds is 4. The summed E-state index contributed by atoms with van der Waals surface area (Å²) in [5.41, 5.74) is 0.474. The first kappa shape index (κ1) is 17.1. The lowest BCUT2D eigenvalue weighted by Gasteiger charge is -2.32. The van der Waals surface area contributed by atoms with Gasteiger partial charge in [0.15, 0.2) is 11.6 Å². The molecule has 8 heteroatoms. The molecule has 1 aliphatic rings. The van der Waals surface area contributed by atoms with Crippen molar-refractivity contribution in [1.82, 2.24) is 19.7 Å². The van der Waals surface area contributed by atoms with Gasteiger partial charge < -0.3 is 10.2 Å². The lowest BCUT2D eigenvalue weighted by atomic mass is 9.97. The van der Waals surface area contributed by atoms with E-state index in [0.717, 1.165) is 25.2 Å². The van der Waals surface area contributed by atoms with E-state index in [1.54, 1.807) is 35.4 Å². The number of piperidine rings is 1. The summed E-state index contributed by atoms with van der Waals surface area (Å²) >= 11 is 0. The number of carbonyl (C=O) groups excluding carboxylic acids is 1. The number of carbonyl (C=O) groups is 1. The molecular weight excluding hydrogens is 347 g/mol. The molecule has 1 N–H and O–H groups in total. The molecule has 1 unspecified atom stereocenters. The van der Waals surface area contributed by atoms with E-state index in [9.17, 15) is 9.18 Å². The van der Waals surface area contributed by atoms with Crippen molar-refractivity contribution in [3.8, 4) is 5.82 Å². The highest BCUT2D eigenvalue weighted by atomic mass is 19.1. The van der Waals surface area contributed by atoms with Gasteiger partial charge >= 0.3 is 0 Å². The molecule has 3 heterocycles. The van der Waals surface area contributed by atoms with Crippen molar-refractivity contribution in [2.75, 3.05) is 23.3 Å². The monoisotopic (exact) mass is 366 g/mol. The number of amides is 1. The predicted octanol–water partition coefficient (Wildman–Crippen LogP) is 2.66. The van der Waals surface area contributed by atoms with E-state index in [-0.39, 0.29) is 17.6 Å². The molecule has 0 spiro atoms. The fraction of sp³-hybridized carbons (Fsp3) is 0.263. The van der Waals surface area contributed by atoms with Crippen LogP contribution in [0.2, 0.25) is 0 Å². The minimum Gasteiger partial charge on any atom is -0.354 e. The lowest BCUT2D eigenvalue weighted by molar-refractivity contribution is -0.120. The third kappa shape index (κ3) is 3.94. The minimum absolute atomic E-state index is 0.103. The van der Waals surface area contributed by atoms with Crippen molar-refractivity contribution >= 4 is 17.4 Å². The molecule has 4 rings (SSSR count). The van der Waals surface area contributed by atoms with Crippen LogP contribution in [0, 0.1) is 11.7 Å². The van der Waals surface area contributed by atoms with E-state index < -0.39 is 0 Å².